The summed E-state index contributed by atoms with van der Waals surface area (Å²) in [6, 6.07) is 0. The quantitative estimate of drug-likeness (QED) is 0.553. The Morgan fingerprint density at radius 2 is 1.82 bits per heavy atom. The molecule has 1 aliphatic rings. The van der Waals surface area contributed by atoms with Gasteiger partial charge >= 0.3 is 0 Å². The molecule has 0 aromatic heterocycles. The molecule has 60 valence electrons. The highest BCUT2D eigenvalue weighted by molar-refractivity contribution is 5.75. The van der Waals surface area contributed by atoms with Crippen LogP contribution in [-0.4, -0.2) is 6.29 Å². The van der Waals surface area contributed by atoms with Crippen molar-refractivity contribution in [2.45, 2.75) is 32.6 Å². The molecule has 0 aliphatic heterocycles. The van der Waals surface area contributed by atoms with Crippen molar-refractivity contribution in [3.8, 4) is 0 Å². The monoisotopic (exact) mass is 150 g/mol. The van der Waals surface area contributed by atoms with Gasteiger partial charge in [0.25, 0.3) is 0 Å². The van der Waals surface area contributed by atoms with Gasteiger partial charge in [0, 0.05) is 0 Å². The second-order valence-corrected chi connectivity index (χ2v) is 2.88. The van der Waals surface area contributed by atoms with Gasteiger partial charge in [0.05, 0.1) is 0 Å². The van der Waals surface area contributed by atoms with Gasteiger partial charge in [0.15, 0.2) is 0 Å². The highest BCUT2D eigenvalue weighted by Gasteiger charge is 2.08. The predicted octanol–water partition coefficient (Wildman–Crippen LogP) is 2.63. The van der Waals surface area contributed by atoms with Crippen LogP contribution in [0.1, 0.15) is 32.6 Å². The Morgan fingerprint density at radius 3 is 2.36 bits per heavy atom. The van der Waals surface area contributed by atoms with E-state index >= 15 is 0 Å². The fraction of sp³-hybridized carbons (Fsp3) is 0.500. The molecule has 0 aromatic rings. The number of aldehydes is 1. The molecule has 1 nitrogen and oxygen atoms in total. The summed E-state index contributed by atoms with van der Waals surface area (Å²) in [5.74, 6) is 0. The molecular weight excluding hydrogens is 136 g/mol. The van der Waals surface area contributed by atoms with Crippen LogP contribution in [0.15, 0.2) is 23.3 Å². The zero-order valence-electron chi connectivity index (χ0n) is 6.97. The number of hydrogen-bond acceptors (Lipinski definition) is 1. The van der Waals surface area contributed by atoms with Gasteiger partial charge in [-0.3, -0.25) is 4.79 Å². The molecule has 0 saturated heterocycles. The lowest BCUT2D eigenvalue weighted by Gasteiger charge is -2.12. The van der Waals surface area contributed by atoms with E-state index in [4.69, 9.17) is 0 Å². The van der Waals surface area contributed by atoms with Gasteiger partial charge in [-0.25, -0.2) is 0 Å². The molecule has 0 saturated carbocycles. The van der Waals surface area contributed by atoms with E-state index in [2.05, 4.69) is 6.08 Å². The molecule has 0 aromatic carbocycles. The van der Waals surface area contributed by atoms with Crippen LogP contribution in [-0.2, 0) is 4.79 Å². The lowest BCUT2D eigenvalue weighted by molar-refractivity contribution is -0.105. The summed E-state index contributed by atoms with van der Waals surface area (Å²) in [4.78, 5) is 10.6. The van der Waals surface area contributed by atoms with Gasteiger partial charge in [-0.2, -0.15) is 0 Å². The Labute approximate surface area is 67.8 Å². The second-order valence-electron chi connectivity index (χ2n) is 2.88. The third kappa shape index (κ3) is 2.04. The minimum absolute atomic E-state index is 0.975. The fourth-order valence-electron chi connectivity index (χ4n) is 1.48. The highest BCUT2D eigenvalue weighted by atomic mass is 16.1. The third-order valence-corrected chi connectivity index (χ3v) is 2.06. The lowest BCUT2D eigenvalue weighted by Crippen LogP contribution is -1.98. The van der Waals surface area contributed by atoms with E-state index in [1.165, 1.54) is 18.4 Å². The van der Waals surface area contributed by atoms with E-state index in [-0.39, 0.29) is 0 Å². The first-order valence-electron chi connectivity index (χ1n) is 4.18. The first kappa shape index (κ1) is 8.25. The zero-order chi connectivity index (χ0) is 8.10. The molecule has 0 bridgehead atoms. The molecule has 0 amide bonds. The summed E-state index contributed by atoms with van der Waals surface area (Å²) >= 11 is 0. The largest absolute Gasteiger partial charge is 0.298 e. The SMILES string of the molecule is CC=CC1=C(C=O)CCCC1. The highest BCUT2D eigenvalue weighted by Crippen LogP contribution is 2.23. The first-order valence-corrected chi connectivity index (χ1v) is 4.18. The van der Waals surface area contributed by atoms with Crippen LogP contribution < -0.4 is 0 Å². The summed E-state index contributed by atoms with van der Waals surface area (Å²) < 4.78 is 0. The Hall–Kier alpha value is -0.850. The van der Waals surface area contributed by atoms with E-state index in [1.807, 2.05) is 13.0 Å². The molecule has 1 rings (SSSR count). The van der Waals surface area contributed by atoms with E-state index in [0.717, 1.165) is 24.7 Å². The maximum Gasteiger partial charge on any atom is 0.146 e. The van der Waals surface area contributed by atoms with Crippen molar-refractivity contribution < 1.29 is 4.79 Å². The van der Waals surface area contributed by atoms with Crippen LogP contribution in [0.2, 0.25) is 0 Å². The predicted molar refractivity (Wildman–Crippen MR) is 46.4 cm³/mol. The summed E-state index contributed by atoms with van der Waals surface area (Å²) in [6.45, 7) is 1.99. The Balaban J connectivity index is 2.81. The third-order valence-electron chi connectivity index (χ3n) is 2.06. The average molecular weight is 150 g/mol. The molecule has 1 heteroatoms. The molecule has 11 heavy (non-hydrogen) atoms. The number of carbonyl (C=O) groups is 1. The normalized spacial score (nSPS) is 19.4. The van der Waals surface area contributed by atoms with Gasteiger partial charge in [-0.15, -0.1) is 0 Å². The molecular formula is C10H14O. The Morgan fingerprint density at radius 1 is 1.18 bits per heavy atom. The minimum Gasteiger partial charge on any atom is -0.298 e. The molecule has 0 N–H and O–H groups in total. The van der Waals surface area contributed by atoms with Crippen LogP contribution in [0.4, 0.5) is 0 Å². The minimum atomic E-state index is 0.975. The fourth-order valence-corrected chi connectivity index (χ4v) is 1.48. The van der Waals surface area contributed by atoms with Crippen molar-refractivity contribution in [1.82, 2.24) is 0 Å². The average Bonchev–Trinajstić information content (AvgIpc) is 2.06. The molecule has 1 aliphatic carbocycles. The van der Waals surface area contributed by atoms with Crippen molar-refractivity contribution in [2.75, 3.05) is 0 Å². The number of rotatable bonds is 2. The smallest absolute Gasteiger partial charge is 0.146 e. The Bertz CT molecular complexity index is 199. The van der Waals surface area contributed by atoms with Crippen LogP contribution in [0, 0.1) is 0 Å². The summed E-state index contributed by atoms with van der Waals surface area (Å²) in [5.41, 5.74) is 2.25. The van der Waals surface area contributed by atoms with Gasteiger partial charge in [0.2, 0.25) is 0 Å². The van der Waals surface area contributed by atoms with Crippen molar-refractivity contribution in [3.63, 3.8) is 0 Å². The Kier molecular flexibility index (Phi) is 3.09. The van der Waals surface area contributed by atoms with Gasteiger partial charge in [-0.05, 0) is 43.8 Å². The zero-order valence-corrected chi connectivity index (χ0v) is 6.97. The summed E-state index contributed by atoms with van der Waals surface area (Å²) in [6.07, 6.45) is 9.54. The van der Waals surface area contributed by atoms with Gasteiger partial charge in [0.1, 0.15) is 6.29 Å². The maximum atomic E-state index is 10.6. The van der Waals surface area contributed by atoms with Crippen LogP contribution in [0.5, 0.6) is 0 Å². The van der Waals surface area contributed by atoms with E-state index in [9.17, 15) is 4.79 Å². The summed E-state index contributed by atoms with van der Waals surface area (Å²) in [7, 11) is 0. The molecule has 0 spiro atoms. The van der Waals surface area contributed by atoms with E-state index in [0.29, 0.717) is 0 Å². The summed E-state index contributed by atoms with van der Waals surface area (Å²) in [5, 5.41) is 0. The van der Waals surface area contributed by atoms with Gasteiger partial charge in [-0.1, -0.05) is 12.2 Å². The molecule has 0 heterocycles. The second kappa shape index (κ2) is 4.12. The molecule has 0 atom stereocenters. The van der Waals surface area contributed by atoms with Crippen LogP contribution in [0.25, 0.3) is 0 Å². The molecule has 0 unspecified atom stereocenters. The van der Waals surface area contributed by atoms with E-state index in [1.54, 1.807) is 0 Å². The number of hydrogen-bond donors (Lipinski definition) is 0. The van der Waals surface area contributed by atoms with Crippen molar-refractivity contribution in [1.29, 1.82) is 0 Å². The van der Waals surface area contributed by atoms with E-state index < -0.39 is 0 Å². The topological polar surface area (TPSA) is 17.1 Å². The standard InChI is InChI=1S/C10H14O/c1-2-5-9-6-3-4-7-10(9)8-11/h2,5,8H,3-4,6-7H2,1H3. The van der Waals surface area contributed by atoms with Crippen molar-refractivity contribution >= 4 is 6.29 Å². The first-order chi connectivity index (χ1) is 5.38. The van der Waals surface area contributed by atoms with Crippen LogP contribution >= 0.6 is 0 Å². The number of allylic oxidation sites excluding steroid dienone is 4. The van der Waals surface area contributed by atoms with Gasteiger partial charge < -0.3 is 0 Å². The molecule has 0 fully saturated rings. The maximum absolute atomic E-state index is 10.6. The lowest BCUT2D eigenvalue weighted by atomic mass is 9.92. The number of carbonyl (C=O) groups excluding carboxylic acids is 1. The van der Waals surface area contributed by atoms with Crippen LogP contribution in [0.3, 0.4) is 0 Å². The van der Waals surface area contributed by atoms with Crippen molar-refractivity contribution in [2.24, 2.45) is 0 Å². The van der Waals surface area contributed by atoms with Crippen molar-refractivity contribution in [3.05, 3.63) is 23.3 Å². The molecule has 0 radical (unpaired) electrons.